The maximum absolute atomic E-state index is 11.1. The van der Waals surface area contributed by atoms with Crippen LogP contribution in [0, 0.1) is 0 Å². The van der Waals surface area contributed by atoms with Crippen LogP contribution in [-0.4, -0.2) is 37.0 Å². The molecule has 0 saturated heterocycles. The van der Waals surface area contributed by atoms with Crippen molar-refractivity contribution in [3.05, 3.63) is 11.6 Å². The quantitative estimate of drug-likeness (QED) is 0.544. The molecule has 0 aromatic heterocycles. The van der Waals surface area contributed by atoms with E-state index < -0.39 is 5.97 Å². The maximum atomic E-state index is 11.1. The van der Waals surface area contributed by atoms with Crippen molar-refractivity contribution in [3.63, 3.8) is 0 Å². The molecular weight excluding hydrogens is 158 g/mol. The van der Waals surface area contributed by atoms with E-state index in [9.17, 15) is 9.59 Å². The van der Waals surface area contributed by atoms with Crippen molar-refractivity contribution in [1.29, 1.82) is 0 Å². The van der Waals surface area contributed by atoms with Gasteiger partial charge in [0.25, 0.3) is 0 Å². The van der Waals surface area contributed by atoms with E-state index in [1.807, 2.05) is 0 Å². The zero-order valence-electron chi connectivity index (χ0n) is 7.16. The number of ether oxygens (including phenoxy) is 1. The van der Waals surface area contributed by atoms with E-state index in [2.05, 4.69) is 0 Å². The van der Waals surface area contributed by atoms with Crippen LogP contribution < -0.4 is 0 Å². The third-order valence-corrected chi connectivity index (χ3v) is 1.62. The summed E-state index contributed by atoms with van der Waals surface area (Å²) in [6.07, 6.45) is 1.32. The lowest BCUT2D eigenvalue weighted by Gasteiger charge is -2.07. The van der Waals surface area contributed by atoms with Crippen LogP contribution in [0.3, 0.4) is 0 Å². The predicted molar refractivity (Wildman–Crippen MR) is 42.4 cm³/mol. The summed E-state index contributed by atoms with van der Waals surface area (Å²) >= 11 is 0. The Labute approximate surface area is 70.8 Å². The van der Waals surface area contributed by atoms with Gasteiger partial charge in [-0.3, -0.25) is 4.79 Å². The molecule has 4 nitrogen and oxygen atoms in total. The molecule has 1 rings (SSSR count). The number of amides is 1. The maximum Gasteiger partial charge on any atom is 0.336 e. The van der Waals surface area contributed by atoms with Gasteiger partial charge in [0.05, 0.1) is 18.7 Å². The molecule has 0 bridgehead atoms. The second-order valence-corrected chi connectivity index (χ2v) is 2.58. The number of carbonyl (C=O) groups is 2. The fraction of sp³-hybridized carbons (Fsp3) is 0.500. The van der Waals surface area contributed by atoms with Crippen LogP contribution in [0.25, 0.3) is 0 Å². The molecule has 0 spiro atoms. The Kier molecular flexibility index (Phi) is 2.47. The summed E-state index contributed by atoms with van der Waals surface area (Å²) in [5.41, 5.74) is 0.435. The molecule has 1 aliphatic heterocycles. The first kappa shape index (κ1) is 8.77. The normalized spacial score (nSPS) is 16.3. The first-order valence-corrected chi connectivity index (χ1v) is 3.78. The molecule has 1 heterocycles. The number of esters is 1. The Hall–Kier alpha value is -1.32. The third kappa shape index (κ3) is 1.64. The Morgan fingerprint density at radius 2 is 2.42 bits per heavy atom. The van der Waals surface area contributed by atoms with Crippen molar-refractivity contribution in [1.82, 2.24) is 4.90 Å². The third-order valence-electron chi connectivity index (χ3n) is 1.62. The SMILES string of the molecule is CCOC(=O)C1=CC(=O)N(C)C1. The summed E-state index contributed by atoms with van der Waals surface area (Å²) in [5.74, 6) is -0.534. The average Bonchev–Trinajstić information content (AvgIpc) is 2.33. The monoisotopic (exact) mass is 169 g/mol. The van der Waals surface area contributed by atoms with Crippen molar-refractivity contribution >= 4 is 11.9 Å². The molecule has 0 atom stereocenters. The molecule has 0 saturated carbocycles. The molecule has 12 heavy (non-hydrogen) atoms. The Bertz CT molecular complexity index is 245. The average molecular weight is 169 g/mol. The van der Waals surface area contributed by atoms with Crippen LogP contribution in [0.2, 0.25) is 0 Å². The van der Waals surface area contributed by atoms with Gasteiger partial charge in [0.1, 0.15) is 0 Å². The Morgan fingerprint density at radius 1 is 1.75 bits per heavy atom. The van der Waals surface area contributed by atoms with Crippen LogP contribution >= 0.6 is 0 Å². The minimum atomic E-state index is -0.393. The number of nitrogens with zero attached hydrogens (tertiary/aromatic N) is 1. The topological polar surface area (TPSA) is 46.6 Å². The summed E-state index contributed by atoms with van der Waals surface area (Å²) in [4.78, 5) is 23.5. The fourth-order valence-corrected chi connectivity index (χ4v) is 0.986. The van der Waals surface area contributed by atoms with Crippen LogP contribution in [0.5, 0.6) is 0 Å². The fourth-order valence-electron chi connectivity index (χ4n) is 0.986. The van der Waals surface area contributed by atoms with E-state index in [4.69, 9.17) is 4.74 Å². The predicted octanol–water partition coefficient (Wildman–Crippen LogP) is -0.0521. The molecular formula is C8H11NO3. The van der Waals surface area contributed by atoms with E-state index in [-0.39, 0.29) is 5.91 Å². The van der Waals surface area contributed by atoms with Gasteiger partial charge in [0, 0.05) is 13.1 Å². The van der Waals surface area contributed by atoms with Crippen LogP contribution in [-0.2, 0) is 14.3 Å². The number of hydrogen-bond acceptors (Lipinski definition) is 3. The molecule has 0 radical (unpaired) electrons. The van der Waals surface area contributed by atoms with Gasteiger partial charge in [-0.05, 0) is 6.92 Å². The van der Waals surface area contributed by atoms with Crippen LogP contribution in [0.4, 0.5) is 0 Å². The molecule has 4 heteroatoms. The van der Waals surface area contributed by atoms with Gasteiger partial charge < -0.3 is 9.64 Å². The summed E-state index contributed by atoms with van der Waals surface area (Å²) in [6, 6.07) is 0. The van der Waals surface area contributed by atoms with Gasteiger partial charge in [-0.2, -0.15) is 0 Å². The lowest BCUT2D eigenvalue weighted by atomic mass is 10.3. The Balaban J connectivity index is 2.61. The van der Waals surface area contributed by atoms with Crippen molar-refractivity contribution in [2.75, 3.05) is 20.2 Å². The van der Waals surface area contributed by atoms with Crippen LogP contribution in [0.15, 0.2) is 11.6 Å². The minimum Gasteiger partial charge on any atom is -0.463 e. The van der Waals surface area contributed by atoms with E-state index >= 15 is 0 Å². The van der Waals surface area contributed by atoms with Gasteiger partial charge in [0.15, 0.2) is 0 Å². The smallest absolute Gasteiger partial charge is 0.336 e. The van der Waals surface area contributed by atoms with Gasteiger partial charge in [-0.1, -0.05) is 0 Å². The lowest BCUT2D eigenvalue weighted by Crippen LogP contribution is -2.21. The van der Waals surface area contributed by atoms with Crippen molar-refractivity contribution < 1.29 is 14.3 Å². The van der Waals surface area contributed by atoms with Gasteiger partial charge in [-0.25, -0.2) is 4.79 Å². The minimum absolute atomic E-state index is 0.141. The largest absolute Gasteiger partial charge is 0.463 e. The van der Waals surface area contributed by atoms with Crippen molar-refractivity contribution in [3.8, 4) is 0 Å². The highest BCUT2D eigenvalue weighted by molar-refractivity contribution is 6.02. The summed E-state index contributed by atoms with van der Waals surface area (Å²) in [5, 5.41) is 0. The molecule has 66 valence electrons. The summed E-state index contributed by atoms with van der Waals surface area (Å²) in [6.45, 7) is 2.44. The van der Waals surface area contributed by atoms with Gasteiger partial charge >= 0.3 is 5.97 Å². The van der Waals surface area contributed by atoms with E-state index in [1.54, 1.807) is 14.0 Å². The molecule has 0 aliphatic carbocycles. The van der Waals surface area contributed by atoms with E-state index in [0.717, 1.165) is 0 Å². The summed E-state index contributed by atoms with van der Waals surface area (Å²) in [7, 11) is 1.64. The lowest BCUT2D eigenvalue weighted by molar-refractivity contribution is -0.138. The number of likely N-dealkylation sites (N-methyl/N-ethyl adjacent to an activating group) is 1. The van der Waals surface area contributed by atoms with Gasteiger partial charge in [-0.15, -0.1) is 0 Å². The van der Waals surface area contributed by atoms with E-state index in [0.29, 0.717) is 18.7 Å². The number of rotatable bonds is 2. The molecule has 0 fully saturated rings. The number of carbonyl (C=O) groups excluding carboxylic acids is 2. The van der Waals surface area contributed by atoms with Crippen LogP contribution in [0.1, 0.15) is 6.92 Å². The highest BCUT2D eigenvalue weighted by Gasteiger charge is 2.23. The molecule has 0 aromatic rings. The zero-order valence-corrected chi connectivity index (χ0v) is 7.16. The molecule has 1 aliphatic rings. The highest BCUT2D eigenvalue weighted by atomic mass is 16.5. The second kappa shape index (κ2) is 3.38. The highest BCUT2D eigenvalue weighted by Crippen LogP contribution is 2.09. The number of hydrogen-bond donors (Lipinski definition) is 0. The molecule has 0 unspecified atom stereocenters. The van der Waals surface area contributed by atoms with Crippen molar-refractivity contribution in [2.45, 2.75) is 6.92 Å². The molecule has 0 aromatic carbocycles. The first-order chi connectivity index (χ1) is 5.65. The Morgan fingerprint density at radius 3 is 2.83 bits per heavy atom. The molecule has 1 amide bonds. The zero-order chi connectivity index (χ0) is 9.14. The van der Waals surface area contributed by atoms with Crippen molar-refractivity contribution in [2.24, 2.45) is 0 Å². The van der Waals surface area contributed by atoms with Gasteiger partial charge in [0.2, 0.25) is 5.91 Å². The standard InChI is InChI=1S/C8H11NO3/c1-3-12-8(11)6-4-7(10)9(2)5-6/h4H,3,5H2,1-2H3. The van der Waals surface area contributed by atoms with E-state index in [1.165, 1.54) is 11.0 Å². The summed E-state index contributed by atoms with van der Waals surface area (Å²) < 4.78 is 4.74. The molecule has 0 N–H and O–H groups in total. The first-order valence-electron chi connectivity index (χ1n) is 3.78. The second-order valence-electron chi connectivity index (χ2n) is 2.58.